The van der Waals surface area contributed by atoms with Crippen molar-refractivity contribution in [2.45, 2.75) is 52.4 Å². The second-order valence-corrected chi connectivity index (χ2v) is 7.16. The highest BCUT2D eigenvalue weighted by atomic mass is 16.5. The van der Waals surface area contributed by atoms with E-state index in [4.69, 9.17) is 0 Å². The van der Waals surface area contributed by atoms with Crippen LogP contribution < -0.4 is 0 Å². The van der Waals surface area contributed by atoms with Crippen molar-refractivity contribution in [1.29, 1.82) is 0 Å². The Morgan fingerprint density at radius 3 is 2.10 bits per heavy atom. The van der Waals surface area contributed by atoms with Crippen LogP contribution in [0.25, 0.3) is 0 Å². The molecule has 0 aromatic heterocycles. The third kappa shape index (κ3) is 4.26. The van der Waals surface area contributed by atoms with Gasteiger partial charge < -0.3 is 9.84 Å². The molecule has 3 nitrogen and oxygen atoms in total. The van der Waals surface area contributed by atoms with E-state index in [2.05, 4.69) is 37.3 Å². The Labute approximate surface area is 127 Å². The molecule has 0 amide bonds. The number of rotatable bonds is 0. The van der Waals surface area contributed by atoms with Crippen molar-refractivity contribution in [3.8, 4) is 17.6 Å². The third-order valence-corrected chi connectivity index (χ3v) is 3.27. The highest BCUT2D eigenvalue weighted by Gasteiger charge is 2.24. The fourth-order valence-corrected chi connectivity index (χ4v) is 1.90. The molecule has 1 N–H and O–H groups in total. The van der Waals surface area contributed by atoms with Crippen molar-refractivity contribution >= 4 is 5.97 Å². The first kappa shape index (κ1) is 17.1. The van der Waals surface area contributed by atoms with Gasteiger partial charge in [0.05, 0.1) is 12.7 Å². The molecular formula is C18H24O3. The van der Waals surface area contributed by atoms with Gasteiger partial charge in [0.2, 0.25) is 0 Å². The van der Waals surface area contributed by atoms with Crippen LogP contribution in [0.5, 0.6) is 5.75 Å². The topological polar surface area (TPSA) is 46.5 Å². The number of aromatic hydroxyl groups is 1. The molecule has 0 aliphatic carbocycles. The molecule has 0 radical (unpaired) electrons. The van der Waals surface area contributed by atoms with Crippen LogP contribution in [-0.4, -0.2) is 18.2 Å². The summed E-state index contributed by atoms with van der Waals surface area (Å²) in [6.45, 7) is 12.4. The second kappa shape index (κ2) is 5.81. The van der Waals surface area contributed by atoms with E-state index in [9.17, 15) is 9.90 Å². The van der Waals surface area contributed by atoms with Gasteiger partial charge >= 0.3 is 5.97 Å². The lowest BCUT2D eigenvalue weighted by atomic mass is 9.79. The Kier molecular flexibility index (Phi) is 4.73. The summed E-state index contributed by atoms with van der Waals surface area (Å²) in [5.41, 5.74) is 2.06. The van der Waals surface area contributed by atoms with Crippen LogP contribution in [0.1, 0.15) is 58.2 Å². The minimum absolute atomic E-state index is 0.0740. The molecule has 0 unspecified atom stereocenters. The fraction of sp³-hybridized carbons (Fsp3) is 0.500. The molecule has 0 fully saturated rings. The predicted molar refractivity (Wildman–Crippen MR) is 84.4 cm³/mol. The van der Waals surface area contributed by atoms with Crippen LogP contribution >= 0.6 is 0 Å². The maximum atomic E-state index is 11.2. The van der Waals surface area contributed by atoms with E-state index < -0.39 is 5.97 Å². The molecule has 0 bridgehead atoms. The lowest BCUT2D eigenvalue weighted by Crippen LogP contribution is -2.17. The van der Waals surface area contributed by atoms with Crippen molar-refractivity contribution in [3.05, 3.63) is 28.8 Å². The van der Waals surface area contributed by atoms with Gasteiger partial charge in [-0.25, -0.2) is 4.79 Å². The van der Waals surface area contributed by atoms with Gasteiger partial charge in [-0.3, -0.25) is 0 Å². The molecular weight excluding hydrogens is 264 g/mol. The quantitative estimate of drug-likeness (QED) is 0.587. The lowest BCUT2D eigenvalue weighted by molar-refractivity contribution is -0.133. The molecule has 1 aromatic rings. The zero-order valence-corrected chi connectivity index (χ0v) is 13.9. The van der Waals surface area contributed by atoms with E-state index in [1.807, 2.05) is 32.9 Å². The lowest BCUT2D eigenvalue weighted by Gasteiger charge is -2.26. The standard InChI is InChI=1S/C18H24O3/c1-17(2,3)13-10-12(8-9-15(19)21-7)16(20)14(11-13)18(4,5)6/h10-11,20H,1-7H3. The number of hydrogen-bond acceptors (Lipinski definition) is 3. The summed E-state index contributed by atoms with van der Waals surface area (Å²) in [6, 6.07) is 3.85. The zero-order valence-electron chi connectivity index (χ0n) is 13.9. The predicted octanol–water partition coefficient (Wildman–Crippen LogP) is 3.51. The van der Waals surface area contributed by atoms with Gasteiger partial charge in [0.15, 0.2) is 0 Å². The van der Waals surface area contributed by atoms with Crippen LogP contribution in [0.3, 0.4) is 0 Å². The van der Waals surface area contributed by atoms with E-state index in [0.29, 0.717) is 5.56 Å². The SMILES string of the molecule is COC(=O)C#Cc1cc(C(C)(C)C)cc(C(C)(C)C)c1O. The molecule has 1 aromatic carbocycles. The number of carbonyl (C=O) groups is 1. The van der Waals surface area contributed by atoms with Crippen LogP contribution in [0.4, 0.5) is 0 Å². The van der Waals surface area contributed by atoms with E-state index >= 15 is 0 Å². The minimum Gasteiger partial charge on any atom is -0.506 e. The van der Waals surface area contributed by atoms with E-state index in [1.165, 1.54) is 7.11 Å². The van der Waals surface area contributed by atoms with Crippen molar-refractivity contribution in [2.75, 3.05) is 7.11 Å². The summed E-state index contributed by atoms with van der Waals surface area (Å²) in [5.74, 6) is 4.60. The van der Waals surface area contributed by atoms with Gasteiger partial charge in [-0.05, 0) is 22.5 Å². The highest BCUT2D eigenvalue weighted by Crippen LogP contribution is 2.37. The molecule has 21 heavy (non-hydrogen) atoms. The zero-order chi connectivity index (χ0) is 16.4. The monoisotopic (exact) mass is 288 g/mol. The summed E-state index contributed by atoms with van der Waals surface area (Å²) < 4.78 is 4.51. The Bertz CT molecular complexity index is 602. The summed E-state index contributed by atoms with van der Waals surface area (Å²) in [5, 5.41) is 10.4. The van der Waals surface area contributed by atoms with Crippen LogP contribution in [0.2, 0.25) is 0 Å². The molecule has 0 aliphatic heterocycles. The van der Waals surface area contributed by atoms with E-state index in [1.54, 1.807) is 0 Å². The normalized spacial score (nSPS) is 11.6. The number of esters is 1. The summed E-state index contributed by atoms with van der Waals surface area (Å²) in [7, 11) is 1.28. The largest absolute Gasteiger partial charge is 0.506 e. The number of benzene rings is 1. The van der Waals surface area contributed by atoms with Crippen molar-refractivity contribution in [1.82, 2.24) is 0 Å². The molecule has 0 aliphatic rings. The second-order valence-electron chi connectivity index (χ2n) is 7.16. The van der Waals surface area contributed by atoms with Gasteiger partial charge in [0.1, 0.15) is 5.75 Å². The summed E-state index contributed by atoms with van der Waals surface area (Å²) in [4.78, 5) is 11.2. The first-order valence-corrected chi connectivity index (χ1v) is 6.94. The molecule has 1 rings (SSSR count). The number of methoxy groups -OCH3 is 1. The fourth-order valence-electron chi connectivity index (χ4n) is 1.90. The first-order valence-electron chi connectivity index (χ1n) is 6.94. The smallest absolute Gasteiger partial charge is 0.384 e. The van der Waals surface area contributed by atoms with Gasteiger partial charge in [-0.15, -0.1) is 0 Å². The minimum atomic E-state index is -0.618. The molecule has 0 spiro atoms. The summed E-state index contributed by atoms with van der Waals surface area (Å²) >= 11 is 0. The van der Waals surface area contributed by atoms with E-state index in [0.717, 1.165) is 11.1 Å². The number of phenolic OH excluding ortho intramolecular Hbond substituents is 1. The Balaban J connectivity index is 3.56. The molecule has 3 heteroatoms. The first-order chi connectivity index (χ1) is 9.46. The molecule has 0 heterocycles. The number of hydrogen-bond donors (Lipinski definition) is 1. The maximum Gasteiger partial charge on any atom is 0.384 e. The number of ether oxygens (including phenoxy) is 1. The van der Waals surface area contributed by atoms with Gasteiger partial charge in [0.25, 0.3) is 0 Å². The number of carbonyl (C=O) groups excluding carboxylic acids is 1. The van der Waals surface area contributed by atoms with Crippen molar-refractivity contribution in [2.24, 2.45) is 0 Å². The summed E-state index contributed by atoms with van der Waals surface area (Å²) in [6.07, 6.45) is 0. The van der Waals surface area contributed by atoms with Crippen molar-refractivity contribution < 1.29 is 14.6 Å². The van der Waals surface area contributed by atoms with E-state index in [-0.39, 0.29) is 16.6 Å². The maximum absolute atomic E-state index is 11.2. The number of phenols is 1. The molecule has 0 saturated heterocycles. The van der Waals surface area contributed by atoms with Crippen molar-refractivity contribution in [3.63, 3.8) is 0 Å². The average Bonchev–Trinajstić information content (AvgIpc) is 2.34. The molecule has 0 atom stereocenters. The van der Waals surface area contributed by atoms with Gasteiger partial charge in [0, 0.05) is 11.5 Å². The Hall–Kier alpha value is -1.95. The molecule has 114 valence electrons. The third-order valence-electron chi connectivity index (χ3n) is 3.27. The van der Waals surface area contributed by atoms with Crippen LogP contribution in [0, 0.1) is 11.8 Å². The Morgan fingerprint density at radius 1 is 1.10 bits per heavy atom. The molecule has 0 saturated carbocycles. The average molecular weight is 288 g/mol. The Morgan fingerprint density at radius 2 is 1.67 bits per heavy atom. The highest BCUT2D eigenvalue weighted by molar-refractivity contribution is 5.89. The van der Waals surface area contributed by atoms with Gasteiger partial charge in [-0.1, -0.05) is 53.5 Å². The van der Waals surface area contributed by atoms with Gasteiger partial charge in [-0.2, -0.15) is 0 Å². The van der Waals surface area contributed by atoms with Crippen LogP contribution in [0.15, 0.2) is 12.1 Å². The van der Waals surface area contributed by atoms with Crippen LogP contribution in [-0.2, 0) is 20.4 Å².